The summed E-state index contributed by atoms with van der Waals surface area (Å²) >= 11 is 0. The lowest BCUT2D eigenvalue weighted by Gasteiger charge is -2.21. The van der Waals surface area contributed by atoms with Crippen LogP contribution in [0.25, 0.3) is 0 Å². The van der Waals surface area contributed by atoms with Gasteiger partial charge in [-0.3, -0.25) is 4.79 Å². The zero-order valence-electron chi connectivity index (χ0n) is 10.3. The first-order chi connectivity index (χ1) is 8.20. The minimum atomic E-state index is -0.705. The lowest BCUT2D eigenvalue weighted by molar-refractivity contribution is -0.126. The molecule has 0 aliphatic heterocycles. The number of hydrogen-bond acceptors (Lipinski definition) is 2. The van der Waals surface area contributed by atoms with Crippen LogP contribution in [0.2, 0.25) is 0 Å². The van der Waals surface area contributed by atoms with Crippen molar-refractivity contribution >= 4 is 5.78 Å². The molecule has 0 fully saturated rings. The summed E-state index contributed by atoms with van der Waals surface area (Å²) in [6.45, 7) is 5.59. The van der Waals surface area contributed by atoms with Gasteiger partial charge in [0.15, 0.2) is 0 Å². The second kappa shape index (κ2) is 7.02. The first-order valence-corrected chi connectivity index (χ1v) is 6.07. The van der Waals surface area contributed by atoms with Crippen LogP contribution in [0.4, 0.5) is 0 Å². The second-order valence-electron chi connectivity index (χ2n) is 4.21. The number of aliphatic hydroxyl groups is 1. The SMILES string of the molecule is C=CCC(=O)[C@H](CCC)[C@H](O)c1ccccc1. The van der Waals surface area contributed by atoms with Gasteiger partial charge in [0.1, 0.15) is 5.78 Å². The predicted molar refractivity (Wildman–Crippen MR) is 69.6 cm³/mol. The Morgan fingerprint density at radius 1 is 1.41 bits per heavy atom. The molecule has 0 unspecified atom stereocenters. The number of allylic oxidation sites excluding steroid dienone is 1. The van der Waals surface area contributed by atoms with Crippen LogP contribution in [0.5, 0.6) is 0 Å². The van der Waals surface area contributed by atoms with Gasteiger partial charge < -0.3 is 5.11 Å². The van der Waals surface area contributed by atoms with E-state index in [-0.39, 0.29) is 11.7 Å². The molecule has 1 rings (SSSR count). The van der Waals surface area contributed by atoms with Crippen LogP contribution in [-0.4, -0.2) is 10.9 Å². The first-order valence-electron chi connectivity index (χ1n) is 6.07. The molecule has 1 aromatic rings. The van der Waals surface area contributed by atoms with Crippen LogP contribution < -0.4 is 0 Å². The van der Waals surface area contributed by atoms with Crippen molar-refractivity contribution in [2.75, 3.05) is 0 Å². The summed E-state index contributed by atoms with van der Waals surface area (Å²) in [5, 5.41) is 10.3. The highest BCUT2D eigenvalue weighted by Gasteiger charge is 2.25. The van der Waals surface area contributed by atoms with E-state index in [1.54, 1.807) is 6.08 Å². The highest BCUT2D eigenvalue weighted by molar-refractivity contribution is 5.83. The molecule has 0 heterocycles. The molecule has 92 valence electrons. The smallest absolute Gasteiger partial charge is 0.142 e. The predicted octanol–water partition coefficient (Wildman–Crippen LogP) is 3.28. The van der Waals surface area contributed by atoms with E-state index in [1.165, 1.54) is 0 Å². The number of ketones is 1. The van der Waals surface area contributed by atoms with Gasteiger partial charge in [0.2, 0.25) is 0 Å². The number of hydrogen-bond donors (Lipinski definition) is 1. The van der Waals surface area contributed by atoms with Gasteiger partial charge in [0.05, 0.1) is 6.10 Å². The molecular weight excluding hydrogens is 212 g/mol. The molecule has 0 bridgehead atoms. The molecule has 2 heteroatoms. The molecule has 1 N–H and O–H groups in total. The minimum Gasteiger partial charge on any atom is -0.388 e. The van der Waals surface area contributed by atoms with Crippen molar-refractivity contribution in [3.63, 3.8) is 0 Å². The third kappa shape index (κ3) is 3.82. The van der Waals surface area contributed by atoms with Crippen LogP contribution in [0.15, 0.2) is 43.0 Å². The molecule has 0 amide bonds. The van der Waals surface area contributed by atoms with Gasteiger partial charge in [0.25, 0.3) is 0 Å². The van der Waals surface area contributed by atoms with Crippen molar-refractivity contribution in [2.45, 2.75) is 32.3 Å². The van der Waals surface area contributed by atoms with E-state index in [0.29, 0.717) is 12.8 Å². The molecule has 0 spiro atoms. The summed E-state index contributed by atoms with van der Waals surface area (Å²) in [7, 11) is 0. The van der Waals surface area contributed by atoms with Gasteiger partial charge >= 0.3 is 0 Å². The highest BCUT2D eigenvalue weighted by atomic mass is 16.3. The van der Waals surface area contributed by atoms with Crippen molar-refractivity contribution in [3.8, 4) is 0 Å². The molecule has 0 aromatic heterocycles. The largest absolute Gasteiger partial charge is 0.388 e. The van der Waals surface area contributed by atoms with Gasteiger partial charge in [0, 0.05) is 12.3 Å². The Balaban J connectivity index is 2.83. The number of carbonyl (C=O) groups is 1. The number of carbonyl (C=O) groups excluding carboxylic acids is 1. The maximum atomic E-state index is 11.9. The minimum absolute atomic E-state index is 0.0678. The fraction of sp³-hybridized carbons (Fsp3) is 0.400. The van der Waals surface area contributed by atoms with Crippen LogP contribution in [0.3, 0.4) is 0 Å². The lowest BCUT2D eigenvalue weighted by atomic mass is 9.87. The number of rotatable bonds is 7. The van der Waals surface area contributed by atoms with Gasteiger partial charge in [-0.05, 0) is 12.0 Å². The topological polar surface area (TPSA) is 37.3 Å². The van der Waals surface area contributed by atoms with Crippen molar-refractivity contribution in [1.82, 2.24) is 0 Å². The van der Waals surface area contributed by atoms with Crippen LogP contribution in [0.1, 0.15) is 37.9 Å². The molecule has 0 radical (unpaired) electrons. The van der Waals surface area contributed by atoms with E-state index in [1.807, 2.05) is 37.3 Å². The van der Waals surface area contributed by atoms with Crippen molar-refractivity contribution in [2.24, 2.45) is 5.92 Å². The zero-order chi connectivity index (χ0) is 12.7. The average molecular weight is 232 g/mol. The summed E-state index contributed by atoms with van der Waals surface area (Å²) in [6, 6.07) is 9.36. The van der Waals surface area contributed by atoms with Gasteiger partial charge in [-0.1, -0.05) is 49.8 Å². The molecule has 0 aliphatic carbocycles. The summed E-state index contributed by atoms with van der Waals surface area (Å²) in [5.41, 5.74) is 0.809. The van der Waals surface area contributed by atoms with E-state index < -0.39 is 6.10 Å². The van der Waals surface area contributed by atoms with E-state index in [9.17, 15) is 9.90 Å². The van der Waals surface area contributed by atoms with E-state index in [2.05, 4.69) is 6.58 Å². The van der Waals surface area contributed by atoms with Crippen molar-refractivity contribution < 1.29 is 9.90 Å². The Kier molecular flexibility index (Phi) is 5.64. The van der Waals surface area contributed by atoms with Crippen molar-refractivity contribution in [1.29, 1.82) is 0 Å². The zero-order valence-corrected chi connectivity index (χ0v) is 10.3. The molecular formula is C15H20O2. The summed E-state index contributed by atoms with van der Waals surface area (Å²) in [4.78, 5) is 11.9. The Morgan fingerprint density at radius 3 is 2.59 bits per heavy atom. The lowest BCUT2D eigenvalue weighted by Crippen LogP contribution is -2.21. The normalized spacial score (nSPS) is 14.0. The van der Waals surface area contributed by atoms with Gasteiger partial charge in [-0.2, -0.15) is 0 Å². The molecule has 0 saturated carbocycles. The quantitative estimate of drug-likeness (QED) is 0.732. The second-order valence-corrected chi connectivity index (χ2v) is 4.21. The van der Waals surface area contributed by atoms with E-state index >= 15 is 0 Å². The van der Waals surface area contributed by atoms with Crippen LogP contribution >= 0.6 is 0 Å². The van der Waals surface area contributed by atoms with E-state index in [0.717, 1.165) is 12.0 Å². The molecule has 2 nitrogen and oxygen atoms in total. The highest BCUT2D eigenvalue weighted by Crippen LogP contribution is 2.27. The summed E-state index contributed by atoms with van der Waals surface area (Å²) in [6.07, 6.45) is 2.82. The van der Waals surface area contributed by atoms with Crippen LogP contribution in [-0.2, 0) is 4.79 Å². The fourth-order valence-corrected chi connectivity index (χ4v) is 1.98. The molecule has 17 heavy (non-hydrogen) atoms. The van der Waals surface area contributed by atoms with E-state index in [4.69, 9.17) is 0 Å². The number of benzene rings is 1. The average Bonchev–Trinajstić information content (AvgIpc) is 2.36. The van der Waals surface area contributed by atoms with Crippen molar-refractivity contribution in [3.05, 3.63) is 48.6 Å². The monoisotopic (exact) mass is 232 g/mol. The summed E-state index contributed by atoms with van der Waals surface area (Å²) in [5.74, 6) is -0.251. The Hall–Kier alpha value is -1.41. The third-order valence-corrected chi connectivity index (χ3v) is 2.88. The Bertz CT molecular complexity index is 356. The summed E-state index contributed by atoms with van der Waals surface area (Å²) < 4.78 is 0. The first kappa shape index (κ1) is 13.7. The molecule has 0 aliphatic rings. The van der Waals surface area contributed by atoms with Gasteiger partial charge in [-0.25, -0.2) is 0 Å². The standard InChI is InChI=1S/C15H20O2/c1-3-8-13(14(16)9-4-2)15(17)12-10-6-5-7-11-12/h4-7,10-11,13,15,17H,2-3,8-9H2,1H3/t13-,15+/m0/s1. The number of Topliss-reactive ketones (excluding diaryl/α,β-unsaturated/α-hetero) is 1. The fourth-order valence-electron chi connectivity index (χ4n) is 1.98. The third-order valence-electron chi connectivity index (χ3n) is 2.88. The number of aliphatic hydroxyl groups excluding tert-OH is 1. The molecule has 1 aromatic carbocycles. The van der Waals surface area contributed by atoms with Gasteiger partial charge in [-0.15, -0.1) is 6.58 Å². The maximum Gasteiger partial charge on any atom is 0.142 e. The molecule has 0 saturated heterocycles. The Morgan fingerprint density at radius 2 is 2.06 bits per heavy atom. The Labute approximate surface area is 103 Å². The molecule has 2 atom stereocenters. The van der Waals surface area contributed by atoms with Crippen LogP contribution in [0, 0.1) is 5.92 Å². The maximum absolute atomic E-state index is 11.9.